The van der Waals surface area contributed by atoms with Gasteiger partial charge >= 0.3 is 0 Å². The summed E-state index contributed by atoms with van der Waals surface area (Å²) < 4.78 is 0. The van der Waals surface area contributed by atoms with Gasteiger partial charge in [-0.15, -0.1) is 0 Å². The van der Waals surface area contributed by atoms with E-state index in [0.29, 0.717) is 6.42 Å². The lowest BCUT2D eigenvalue weighted by Crippen LogP contribution is -2.42. The summed E-state index contributed by atoms with van der Waals surface area (Å²) in [6.07, 6.45) is 4.59. The van der Waals surface area contributed by atoms with Crippen LogP contribution in [0.1, 0.15) is 76.8 Å². The molecular weight excluding hydrogens is 348 g/mol. The molecule has 2 aromatic carbocycles. The Bertz CT molecular complexity index is 981. The first-order valence-electron chi connectivity index (χ1n) is 10.4. The molecule has 0 aromatic heterocycles. The van der Waals surface area contributed by atoms with Gasteiger partial charge in [0.15, 0.2) is 0 Å². The monoisotopic (exact) mass is 374 g/mol. The fourth-order valence-electron chi connectivity index (χ4n) is 5.44. The number of carbonyl (C=O) groups is 2. The normalized spacial score (nSPS) is 23.9. The molecule has 0 N–H and O–H groups in total. The van der Waals surface area contributed by atoms with Crippen LogP contribution in [0.3, 0.4) is 0 Å². The molecule has 4 heteroatoms. The van der Waals surface area contributed by atoms with Crippen molar-refractivity contribution in [2.24, 2.45) is 0 Å². The summed E-state index contributed by atoms with van der Waals surface area (Å²) in [6.45, 7) is 5.02. The summed E-state index contributed by atoms with van der Waals surface area (Å²) in [5.41, 5.74) is 6.40. The number of fused-ring (bicyclic) bond motifs is 5. The van der Waals surface area contributed by atoms with Gasteiger partial charge in [0.1, 0.15) is 0 Å². The zero-order valence-corrected chi connectivity index (χ0v) is 16.6. The van der Waals surface area contributed by atoms with E-state index >= 15 is 0 Å². The van der Waals surface area contributed by atoms with E-state index < -0.39 is 0 Å². The molecule has 4 nitrogen and oxygen atoms in total. The van der Waals surface area contributed by atoms with E-state index in [2.05, 4.69) is 36.9 Å². The minimum absolute atomic E-state index is 0.0125. The van der Waals surface area contributed by atoms with Gasteiger partial charge in [-0.3, -0.25) is 9.59 Å². The quantitative estimate of drug-likeness (QED) is 0.716. The summed E-state index contributed by atoms with van der Waals surface area (Å²) >= 11 is 0. The Morgan fingerprint density at radius 1 is 0.964 bits per heavy atom. The molecule has 2 unspecified atom stereocenters. The van der Waals surface area contributed by atoms with Gasteiger partial charge < -0.3 is 9.80 Å². The lowest BCUT2D eigenvalue weighted by molar-refractivity contribution is -0.133. The number of amides is 2. The van der Waals surface area contributed by atoms with E-state index in [9.17, 15) is 9.59 Å². The van der Waals surface area contributed by atoms with E-state index in [1.807, 2.05) is 23.1 Å². The predicted octanol–water partition coefficient (Wildman–Crippen LogP) is 4.85. The Labute approximate surface area is 166 Å². The minimum Gasteiger partial charge on any atom is -0.335 e. The van der Waals surface area contributed by atoms with Crippen LogP contribution in [0.4, 0.5) is 5.69 Å². The number of nitrogens with zero attached hydrogens (tertiary/aromatic N) is 2. The number of carbonyl (C=O) groups excluding carboxylic acids is 2. The molecule has 144 valence electrons. The van der Waals surface area contributed by atoms with Crippen molar-refractivity contribution in [1.29, 1.82) is 0 Å². The van der Waals surface area contributed by atoms with Crippen molar-refractivity contribution in [2.45, 2.75) is 58.0 Å². The lowest BCUT2D eigenvalue weighted by Gasteiger charge is -2.43. The lowest BCUT2D eigenvalue weighted by atomic mass is 9.85. The summed E-state index contributed by atoms with van der Waals surface area (Å²) in [5.74, 6) is 0.354. The van der Waals surface area contributed by atoms with Crippen LogP contribution in [0, 0.1) is 13.8 Å². The van der Waals surface area contributed by atoms with E-state index in [4.69, 9.17) is 0 Å². The number of likely N-dealkylation sites (tertiary alicyclic amines) is 1. The number of rotatable bonds is 1. The van der Waals surface area contributed by atoms with Crippen molar-refractivity contribution in [3.8, 4) is 0 Å². The van der Waals surface area contributed by atoms with Crippen LogP contribution in [-0.2, 0) is 4.79 Å². The molecule has 2 aromatic rings. The number of aryl methyl sites for hydroxylation is 2. The molecule has 3 aliphatic heterocycles. The van der Waals surface area contributed by atoms with Crippen LogP contribution in [-0.4, -0.2) is 23.3 Å². The zero-order valence-electron chi connectivity index (χ0n) is 16.6. The van der Waals surface area contributed by atoms with Crippen LogP contribution in [0.15, 0.2) is 36.4 Å². The molecule has 0 spiro atoms. The van der Waals surface area contributed by atoms with Crippen LogP contribution in [0.5, 0.6) is 0 Å². The maximum Gasteiger partial charge on any atom is 0.259 e. The highest BCUT2D eigenvalue weighted by atomic mass is 16.2. The fraction of sp³-hybridized carbons (Fsp3) is 0.417. The maximum absolute atomic E-state index is 13.3. The minimum atomic E-state index is 0.0125. The summed E-state index contributed by atoms with van der Waals surface area (Å²) in [7, 11) is 0. The standard InChI is InChI=1S/C24H26N2O2/c1-15-12-16(2)23-20(25-11-7-3-4-10-22(25)27)14-19-17-8-5-6-9-18(17)24(28)26(19)21(23)13-15/h5-6,8-9,12-13,19-20H,3-4,7,10-11,14H2,1-2H3. The fourth-order valence-corrected chi connectivity index (χ4v) is 5.44. The molecule has 0 bridgehead atoms. The average molecular weight is 374 g/mol. The van der Waals surface area contributed by atoms with Crippen LogP contribution >= 0.6 is 0 Å². The summed E-state index contributed by atoms with van der Waals surface area (Å²) in [5, 5.41) is 0. The number of hydrogen-bond acceptors (Lipinski definition) is 2. The molecule has 3 heterocycles. The van der Waals surface area contributed by atoms with Crippen LogP contribution in [0.2, 0.25) is 0 Å². The highest BCUT2D eigenvalue weighted by molar-refractivity contribution is 6.12. The number of hydrogen-bond donors (Lipinski definition) is 0. The van der Waals surface area contributed by atoms with Gasteiger partial charge in [0.2, 0.25) is 5.91 Å². The first-order chi connectivity index (χ1) is 13.6. The van der Waals surface area contributed by atoms with Crippen LogP contribution < -0.4 is 4.90 Å². The van der Waals surface area contributed by atoms with Crippen molar-refractivity contribution < 1.29 is 9.59 Å². The van der Waals surface area contributed by atoms with E-state index in [0.717, 1.165) is 54.6 Å². The Morgan fingerprint density at radius 3 is 2.64 bits per heavy atom. The van der Waals surface area contributed by atoms with E-state index in [1.165, 1.54) is 11.1 Å². The van der Waals surface area contributed by atoms with E-state index in [1.54, 1.807) is 0 Å². The number of benzene rings is 2. The van der Waals surface area contributed by atoms with Crippen LogP contribution in [0.25, 0.3) is 0 Å². The van der Waals surface area contributed by atoms with Gasteiger partial charge in [-0.1, -0.05) is 30.7 Å². The smallest absolute Gasteiger partial charge is 0.259 e. The third-order valence-corrected chi connectivity index (χ3v) is 6.62. The first kappa shape index (κ1) is 17.5. The second kappa shape index (κ2) is 6.47. The first-order valence-corrected chi connectivity index (χ1v) is 10.4. The molecule has 5 rings (SSSR count). The summed E-state index contributed by atoms with van der Waals surface area (Å²) in [6, 6.07) is 12.3. The molecular formula is C24H26N2O2. The van der Waals surface area contributed by atoms with E-state index in [-0.39, 0.29) is 23.9 Å². The maximum atomic E-state index is 13.3. The largest absolute Gasteiger partial charge is 0.335 e. The highest BCUT2D eigenvalue weighted by Gasteiger charge is 2.46. The Hall–Kier alpha value is -2.62. The topological polar surface area (TPSA) is 40.6 Å². The van der Waals surface area contributed by atoms with Crippen molar-refractivity contribution in [2.75, 3.05) is 11.4 Å². The van der Waals surface area contributed by atoms with Gasteiger partial charge in [0, 0.05) is 24.1 Å². The zero-order chi connectivity index (χ0) is 19.4. The average Bonchev–Trinajstić information content (AvgIpc) is 2.81. The highest BCUT2D eigenvalue weighted by Crippen LogP contribution is 2.52. The third-order valence-electron chi connectivity index (χ3n) is 6.62. The van der Waals surface area contributed by atoms with Crippen molar-refractivity contribution in [3.63, 3.8) is 0 Å². The molecule has 0 saturated carbocycles. The predicted molar refractivity (Wildman–Crippen MR) is 109 cm³/mol. The van der Waals surface area contributed by atoms with Gasteiger partial charge in [0.25, 0.3) is 5.91 Å². The Morgan fingerprint density at radius 2 is 1.79 bits per heavy atom. The van der Waals surface area contributed by atoms with Gasteiger partial charge in [-0.05, 0) is 61.9 Å². The second-order valence-electron chi connectivity index (χ2n) is 8.44. The molecule has 1 fully saturated rings. The second-order valence-corrected chi connectivity index (χ2v) is 8.44. The molecule has 0 radical (unpaired) electrons. The van der Waals surface area contributed by atoms with Gasteiger partial charge in [0.05, 0.1) is 17.8 Å². The summed E-state index contributed by atoms with van der Waals surface area (Å²) in [4.78, 5) is 30.3. The van der Waals surface area contributed by atoms with Gasteiger partial charge in [-0.25, -0.2) is 0 Å². The molecule has 3 aliphatic rings. The van der Waals surface area contributed by atoms with Crippen molar-refractivity contribution >= 4 is 17.5 Å². The molecule has 2 atom stereocenters. The molecule has 0 aliphatic carbocycles. The Kier molecular flexibility index (Phi) is 4.04. The Balaban J connectivity index is 1.69. The molecule has 2 amide bonds. The van der Waals surface area contributed by atoms with Gasteiger partial charge in [-0.2, -0.15) is 0 Å². The number of anilines is 1. The SMILES string of the molecule is Cc1cc(C)c2c(c1)N1C(=O)c3ccccc3C1CC2N1CCCCCC1=O. The van der Waals surface area contributed by atoms with Crippen molar-refractivity contribution in [1.82, 2.24) is 4.90 Å². The molecule has 28 heavy (non-hydrogen) atoms. The van der Waals surface area contributed by atoms with Crippen molar-refractivity contribution in [3.05, 3.63) is 64.2 Å². The molecule has 1 saturated heterocycles. The third kappa shape index (κ3) is 2.50.